The molecule has 0 bridgehead atoms. The molecular formula is C18H29FN2O3S. The second-order valence-corrected chi connectivity index (χ2v) is 9.93. The summed E-state index contributed by atoms with van der Waals surface area (Å²) < 4.78 is 34.4. The van der Waals surface area contributed by atoms with E-state index in [1.54, 1.807) is 45.9 Å². The Morgan fingerprint density at radius 1 is 1.20 bits per heavy atom. The van der Waals surface area contributed by atoms with Crippen molar-refractivity contribution in [2.75, 3.05) is 0 Å². The van der Waals surface area contributed by atoms with Gasteiger partial charge in [-0.15, -0.1) is 4.72 Å². The number of hydrogen-bond donors (Lipinski definition) is 2. The van der Waals surface area contributed by atoms with Crippen molar-refractivity contribution in [3.63, 3.8) is 0 Å². The average molecular weight is 373 g/mol. The summed E-state index contributed by atoms with van der Waals surface area (Å²) >= 11 is -1.44. The molecule has 0 aliphatic heterocycles. The zero-order valence-electron chi connectivity index (χ0n) is 16.0. The Morgan fingerprint density at radius 2 is 1.76 bits per heavy atom. The van der Waals surface area contributed by atoms with Gasteiger partial charge in [-0.2, -0.15) is 0 Å². The van der Waals surface area contributed by atoms with Crippen molar-refractivity contribution < 1.29 is 18.5 Å². The Balaban J connectivity index is 3.02. The number of ether oxygens (including phenoxy) is 1. The molecule has 0 saturated heterocycles. The number of carbonyl (C=O) groups is 1. The molecule has 0 aromatic heterocycles. The van der Waals surface area contributed by atoms with Crippen molar-refractivity contribution in [3.8, 4) is 0 Å². The largest absolute Gasteiger partial charge is 0.598 e. The third-order valence-corrected chi connectivity index (χ3v) is 4.86. The highest BCUT2D eigenvalue weighted by molar-refractivity contribution is 7.90. The van der Waals surface area contributed by atoms with Gasteiger partial charge in [0, 0.05) is 16.9 Å². The number of carbonyl (C=O) groups excluding carboxylic acids is 1. The van der Waals surface area contributed by atoms with Crippen molar-refractivity contribution in [1.82, 2.24) is 10.0 Å². The SMILES string of the molecule is C[C@H](NC(=O)OC(C)(C)C)[C@H](N[S+]([O-])C(C)(C)C)c1ccccc1F. The molecule has 7 heteroatoms. The summed E-state index contributed by atoms with van der Waals surface area (Å²) in [6.07, 6.45) is -0.607. The molecule has 142 valence electrons. The Kier molecular flexibility index (Phi) is 7.28. The molecule has 1 rings (SSSR count). The lowest BCUT2D eigenvalue weighted by Gasteiger charge is -2.32. The fraction of sp³-hybridized carbons (Fsp3) is 0.611. The first-order chi connectivity index (χ1) is 11.3. The van der Waals surface area contributed by atoms with E-state index in [1.165, 1.54) is 6.07 Å². The fourth-order valence-electron chi connectivity index (χ4n) is 2.03. The van der Waals surface area contributed by atoms with E-state index in [4.69, 9.17) is 4.74 Å². The van der Waals surface area contributed by atoms with Crippen LogP contribution in [0.25, 0.3) is 0 Å². The summed E-state index contributed by atoms with van der Waals surface area (Å²) in [4.78, 5) is 12.0. The van der Waals surface area contributed by atoms with E-state index in [9.17, 15) is 13.7 Å². The molecule has 1 amide bonds. The zero-order chi connectivity index (χ0) is 19.4. The van der Waals surface area contributed by atoms with E-state index >= 15 is 0 Å². The molecule has 0 radical (unpaired) electrons. The number of alkyl carbamates (subject to hydrolysis) is 1. The minimum Gasteiger partial charge on any atom is -0.598 e. The van der Waals surface area contributed by atoms with Crippen LogP contribution in [-0.4, -0.2) is 27.0 Å². The quantitative estimate of drug-likeness (QED) is 0.771. The first kappa shape index (κ1) is 21.7. The minimum atomic E-state index is -1.44. The first-order valence-corrected chi connectivity index (χ1v) is 9.38. The zero-order valence-corrected chi connectivity index (χ0v) is 16.8. The van der Waals surface area contributed by atoms with Gasteiger partial charge in [0.05, 0.1) is 6.04 Å². The number of nitrogens with one attached hydrogen (secondary N) is 2. The summed E-state index contributed by atoms with van der Waals surface area (Å²) in [5.41, 5.74) is -0.303. The molecule has 0 heterocycles. The molecular weight excluding hydrogens is 343 g/mol. The number of halogens is 1. The smallest absolute Gasteiger partial charge is 0.407 e. The van der Waals surface area contributed by atoms with Gasteiger partial charge in [0.25, 0.3) is 0 Å². The summed E-state index contributed by atoms with van der Waals surface area (Å²) in [6.45, 7) is 12.5. The molecule has 1 aromatic rings. The van der Waals surface area contributed by atoms with Crippen LogP contribution in [0.1, 0.15) is 60.1 Å². The Hall–Kier alpha value is -1.31. The van der Waals surface area contributed by atoms with Crippen molar-refractivity contribution >= 4 is 17.5 Å². The van der Waals surface area contributed by atoms with Crippen molar-refractivity contribution in [2.24, 2.45) is 0 Å². The van der Waals surface area contributed by atoms with Crippen LogP contribution in [0.2, 0.25) is 0 Å². The van der Waals surface area contributed by atoms with Crippen LogP contribution in [0, 0.1) is 5.82 Å². The summed E-state index contributed by atoms with van der Waals surface area (Å²) in [5, 5.41) is 2.69. The highest BCUT2D eigenvalue weighted by atomic mass is 32.2. The van der Waals surface area contributed by atoms with Gasteiger partial charge in [0.1, 0.15) is 22.2 Å². The number of benzene rings is 1. The van der Waals surface area contributed by atoms with Crippen LogP contribution >= 0.6 is 0 Å². The topological polar surface area (TPSA) is 73.4 Å². The van der Waals surface area contributed by atoms with Crippen LogP contribution in [0.4, 0.5) is 9.18 Å². The molecule has 0 aliphatic carbocycles. The van der Waals surface area contributed by atoms with E-state index in [-0.39, 0.29) is 0 Å². The van der Waals surface area contributed by atoms with Crippen molar-refractivity contribution in [2.45, 2.75) is 70.9 Å². The molecule has 3 atom stereocenters. The van der Waals surface area contributed by atoms with Crippen LogP contribution < -0.4 is 10.0 Å². The van der Waals surface area contributed by atoms with Crippen LogP contribution in [0.3, 0.4) is 0 Å². The summed E-state index contributed by atoms with van der Waals surface area (Å²) in [6, 6.07) is 5.02. The molecule has 2 N–H and O–H groups in total. The maximum atomic E-state index is 14.3. The van der Waals surface area contributed by atoms with Crippen molar-refractivity contribution in [3.05, 3.63) is 35.6 Å². The van der Waals surface area contributed by atoms with E-state index in [1.807, 2.05) is 20.8 Å². The average Bonchev–Trinajstić information content (AvgIpc) is 2.42. The van der Waals surface area contributed by atoms with Gasteiger partial charge < -0.3 is 14.6 Å². The predicted molar refractivity (Wildman–Crippen MR) is 99.0 cm³/mol. The van der Waals surface area contributed by atoms with E-state index in [0.29, 0.717) is 5.56 Å². The molecule has 25 heavy (non-hydrogen) atoms. The van der Waals surface area contributed by atoms with Crippen LogP contribution in [0.15, 0.2) is 24.3 Å². The molecule has 5 nitrogen and oxygen atoms in total. The maximum absolute atomic E-state index is 14.3. The lowest BCUT2D eigenvalue weighted by atomic mass is 10.0. The standard InChI is InChI=1S/C18H29FN2O3S/c1-12(20-16(22)24-17(2,3)4)15(21-25(23)18(5,6)7)13-10-8-9-11-14(13)19/h8-12,15,21H,1-7H3,(H,20,22)/t12-,15-,25?/m0/s1. The van der Waals surface area contributed by atoms with Gasteiger partial charge in [0.2, 0.25) is 0 Å². The Morgan fingerprint density at radius 3 is 2.24 bits per heavy atom. The van der Waals surface area contributed by atoms with Gasteiger partial charge in [-0.1, -0.05) is 18.2 Å². The lowest BCUT2D eigenvalue weighted by molar-refractivity contribution is 0.0499. The third kappa shape index (κ3) is 7.22. The Labute approximate surface area is 153 Å². The molecule has 0 saturated carbocycles. The lowest BCUT2D eigenvalue weighted by Crippen LogP contribution is -2.49. The summed E-state index contributed by atoms with van der Waals surface area (Å²) in [5.74, 6) is -0.427. The second-order valence-electron chi connectivity index (χ2n) is 7.93. The van der Waals surface area contributed by atoms with Gasteiger partial charge >= 0.3 is 6.09 Å². The number of hydrogen-bond acceptors (Lipinski definition) is 4. The highest BCUT2D eigenvalue weighted by Crippen LogP contribution is 2.25. The van der Waals surface area contributed by atoms with Crippen molar-refractivity contribution in [1.29, 1.82) is 0 Å². The first-order valence-electron chi connectivity index (χ1n) is 8.23. The summed E-state index contributed by atoms with van der Waals surface area (Å²) in [7, 11) is 0. The monoisotopic (exact) mass is 372 g/mol. The van der Waals surface area contributed by atoms with Gasteiger partial charge in [-0.25, -0.2) is 9.18 Å². The maximum Gasteiger partial charge on any atom is 0.407 e. The Bertz CT molecular complexity index is 584. The van der Waals surface area contributed by atoms with E-state index in [0.717, 1.165) is 0 Å². The third-order valence-electron chi connectivity index (χ3n) is 3.27. The molecule has 0 fully saturated rings. The van der Waals surface area contributed by atoms with Gasteiger partial charge in [-0.3, -0.25) is 0 Å². The number of amides is 1. The number of rotatable bonds is 5. The second kappa shape index (κ2) is 8.38. The van der Waals surface area contributed by atoms with Crippen LogP contribution in [0.5, 0.6) is 0 Å². The highest BCUT2D eigenvalue weighted by Gasteiger charge is 2.34. The van der Waals surface area contributed by atoms with Gasteiger partial charge in [-0.05, 0) is 54.5 Å². The normalized spacial score (nSPS) is 16.0. The van der Waals surface area contributed by atoms with E-state index in [2.05, 4.69) is 10.0 Å². The predicted octanol–water partition coefficient (Wildman–Crippen LogP) is 3.83. The molecule has 0 aliphatic rings. The van der Waals surface area contributed by atoms with Crippen LogP contribution in [-0.2, 0) is 16.1 Å². The fourth-order valence-corrected chi connectivity index (χ4v) is 2.95. The molecule has 0 spiro atoms. The molecule has 1 aromatic carbocycles. The van der Waals surface area contributed by atoms with Gasteiger partial charge in [0.15, 0.2) is 0 Å². The minimum absolute atomic E-state index is 0.337. The molecule has 1 unspecified atom stereocenters. The van der Waals surface area contributed by atoms with E-state index < -0.39 is 45.7 Å².